The van der Waals surface area contributed by atoms with Crippen LogP contribution in [0.1, 0.15) is 16.7 Å². The number of benzene rings is 2. The summed E-state index contributed by atoms with van der Waals surface area (Å²) in [4.78, 5) is 4.12. The van der Waals surface area contributed by atoms with Crippen molar-refractivity contribution in [2.75, 3.05) is 0 Å². The lowest BCUT2D eigenvalue weighted by Crippen LogP contribution is -2.13. The predicted molar refractivity (Wildman–Crippen MR) is 104 cm³/mol. The molecule has 1 heterocycles. The number of aromatic nitrogens is 1. The number of nitrogens with one attached hydrogen (secondary N) is 1. The van der Waals surface area contributed by atoms with E-state index in [1.54, 1.807) is 6.20 Å². The molecular formula is C20H20Cl2N2O. The molecule has 3 aromatic rings. The summed E-state index contributed by atoms with van der Waals surface area (Å²) in [6.07, 6.45) is 3.63. The average Bonchev–Trinajstić information content (AvgIpc) is 2.63. The maximum absolute atomic E-state index is 6.14. The molecule has 2 aromatic carbocycles. The molecule has 0 saturated heterocycles. The lowest BCUT2D eigenvalue weighted by Gasteiger charge is -2.13. The fourth-order valence-corrected chi connectivity index (χ4v) is 2.60. The van der Waals surface area contributed by atoms with Crippen LogP contribution in [0, 0.1) is 0 Å². The molecule has 3 rings (SSSR count). The van der Waals surface area contributed by atoms with E-state index in [1.165, 1.54) is 0 Å². The van der Waals surface area contributed by atoms with Crippen LogP contribution in [-0.4, -0.2) is 4.98 Å². The van der Waals surface area contributed by atoms with Gasteiger partial charge >= 0.3 is 0 Å². The third kappa shape index (κ3) is 6.05. The highest BCUT2D eigenvalue weighted by atomic mass is 35.5. The minimum absolute atomic E-state index is 0. The second-order valence-electron chi connectivity index (χ2n) is 5.49. The SMILES string of the molecule is Cl.Clc1ccc(OCc2ccccc2)c(CNCc2cccnc2)c1. The van der Waals surface area contributed by atoms with Crippen LogP contribution in [0.2, 0.25) is 5.02 Å². The molecule has 1 N–H and O–H groups in total. The molecule has 3 nitrogen and oxygen atoms in total. The van der Waals surface area contributed by atoms with E-state index in [0.717, 1.165) is 29.0 Å². The Labute approximate surface area is 159 Å². The summed E-state index contributed by atoms with van der Waals surface area (Å²) in [6, 6.07) is 19.8. The lowest BCUT2D eigenvalue weighted by atomic mass is 10.2. The zero-order valence-electron chi connectivity index (χ0n) is 13.7. The van der Waals surface area contributed by atoms with E-state index >= 15 is 0 Å². The smallest absolute Gasteiger partial charge is 0.124 e. The molecule has 0 radical (unpaired) electrons. The summed E-state index contributed by atoms with van der Waals surface area (Å²) in [5.74, 6) is 0.849. The summed E-state index contributed by atoms with van der Waals surface area (Å²) in [6.45, 7) is 1.97. The molecule has 25 heavy (non-hydrogen) atoms. The first-order valence-corrected chi connectivity index (χ1v) is 8.24. The maximum Gasteiger partial charge on any atom is 0.124 e. The Morgan fingerprint density at radius 1 is 0.920 bits per heavy atom. The standard InChI is InChI=1S/C20H19ClN2O.ClH/c21-19-8-9-20(24-15-16-5-2-1-3-6-16)18(11-19)14-23-13-17-7-4-10-22-12-17;/h1-12,23H,13-15H2;1H. The summed E-state index contributed by atoms with van der Waals surface area (Å²) in [5, 5.41) is 4.11. The van der Waals surface area contributed by atoms with Gasteiger partial charge in [-0.05, 0) is 35.4 Å². The number of ether oxygens (including phenoxy) is 1. The third-order valence-electron chi connectivity index (χ3n) is 3.63. The number of halogens is 2. The van der Waals surface area contributed by atoms with Gasteiger partial charge in [0.15, 0.2) is 0 Å². The fraction of sp³-hybridized carbons (Fsp3) is 0.150. The molecule has 0 atom stereocenters. The second-order valence-corrected chi connectivity index (χ2v) is 5.93. The van der Waals surface area contributed by atoms with Crippen LogP contribution in [0.4, 0.5) is 0 Å². The van der Waals surface area contributed by atoms with E-state index in [-0.39, 0.29) is 12.4 Å². The zero-order valence-corrected chi connectivity index (χ0v) is 15.3. The van der Waals surface area contributed by atoms with Crippen LogP contribution in [0.5, 0.6) is 5.75 Å². The molecule has 130 valence electrons. The molecule has 0 fully saturated rings. The Morgan fingerprint density at radius 3 is 2.48 bits per heavy atom. The van der Waals surface area contributed by atoms with Crippen molar-refractivity contribution in [3.05, 3.63) is 94.8 Å². The molecule has 0 saturated carbocycles. The molecule has 0 bridgehead atoms. The van der Waals surface area contributed by atoms with Crippen molar-refractivity contribution in [3.63, 3.8) is 0 Å². The van der Waals surface area contributed by atoms with E-state index in [4.69, 9.17) is 16.3 Å². The summed E-state index contributed by atoms with van der Waals surface area (Å²) >= 11 is 6.14. The minimum atomic E-state index is 0. The largest absolute Gasteiger partial charge is 0.489 e. The molecule has 0 amide bonds. The Bertz CT molecular complexity index is 767. The fourth-order valence-electron chi connectivity index (χ4n) is 2.41. The maximum atomic E-state index is 6.14. The van der Waals surface area contributed by atoms with Crippen molar-refractivity contribution in [1.29, 1.82) is 0 Å². The Hall–Kier alpha value is -2.07. The van der Waals surface area contributed by atoms with Crippen LogP contribution >= 0.6 is 24.0 Å². The van der Waals surface area contributed by atoms with E-state index in [2.05, 4.69) is 22.4 Å². The first-order chi connectivity index (χ1) is 11.8. The average molecular weight is 375 g/mol. The number of rotatable bonds is 7. The minimum Gasteiger partial charge on any atom is -0.489 e. The van der Waals surface area contributed by atoms with E-state index in [9.17, 15) is 0 Å². The number of hydrogen-bond donors (Lipinski definition) is 1. The van der Waals surface area contributed by atoms with Gasteiger partial charge in [0.05, 0.1) is 0 Å². The van der Waals surface area contributed by atoms with Gasteiger partial charge in [0, 0.05) is 36.1 Å². The van der Waals surface area contributed by atoms with Gasteiger partial charge in [0.2, 0.25) is 0 Å². The van der Waals surface area contributed by atoms with Crippen LogP contribution in [0.25, 0.3) is 0 Å². The molecular weight excluding hydrogens is 355 g/mol. The molecule has 0 aliphatic carbocycles. The molecule has 0 aliphatic rings. The monoisotopic (exact) mass is 374 g/mol. The quantitative estimate of drug-likeness (QED) is 0.629. The Kier molecular flexibility index (Phi) is 7.74. The molecule has 1 aromatic heterocycles. The van der Waals surface area contributed by atoms with Gasteiger partial charge in [-0.2, -0.15) is 0 Å². The Morgan fingerprint density at radius 2 is 1.72 bits per heavy atom. The van der Waals surface area contributed by atoms with Crippen molar-refractivity contribution in [3.8, 4) is 5.75 Å². The van der Waals surface area contributed by atoms with Gasteiger partial charge in [-0.15, -0.1) is 12.4 Å². The van der Waals surface area contributed by atoms with Gasteiger partial charge in [-0.3, -0.25) is 4.98 Å². The lowest BCUT2D eigenvalue weighted by molar-refractivity contribution is 0.302. The van der Waals surface area contributed by atoms with Gasteiger partial charge in [0.1, 0.15) is 12.4 Å². The summed E-state index contributed by atoms with van der Waals surface area (Å²) in [7, 11) is 0. The van der Waals surface area contributed by atoms with E-state index < -0.39 is 0 Å². The zero-order chi connectivity index (χ0) is 16.6. The van der Waals surface area contributed by atoms with E-state index in [1.807, 2.05) is 54.7 Å². The highest BCUT2D eigenvalue weighted by Gasteiger charge is 2.05. The molecule has 0 unspecified atom stereocenters. The van der Waals surface area contributed by atoms with Crippen LogP contribution < -0.4 is 10.1 Å². The second kappa shape index (κ2) is 10.0. The number of nitrogens with zero attached hydrogens (tertiary/aromatic N) is 1. The van der Waals surface area contributed by atoms with Gasteiger partial charge in [0.25, 0.3) is 0 Å². The van der Waals surface area contributed by atoms with Crippen molar-refractivity contribution >= 4 is 24.0 Å². The first kappa shape index (κ1) is 19.3. The summed E-state index contributed by atoms with van der Waals surface area (Å²) in [5.41, 5.74) is 3.33. The topological polar surface area (TPSA) is 34.1 Å². The summed E-state index contributed by atoms with van der Waals surface area (Å²) < 4.78 is 5.97. The highest BCUT2D eigenvalue weighted by molar-refractivity contribution is 6.30. The van der Waals surface area contributed by atoms with Gasteiger partial charge in [-0.25, -0.2) is 0 Å². The number of pyridine rings is 1. The van der Waals surface area contributed by atoms with Crippen molar-refractivity contribution in [2.45, 2.75) is 19.7 Å². The molecule has 5 heteroatoms. The molecule has 0 aliphatic heterocycles. The highest BCUT2D eigenvalue weighted by Crippen LogP contribution is 2.24. The van der Waals surface area contributed by atoms with Crippen molar-refractivity contribution in [1.82, 2.24) is 10.3 Å². The van der Waals surface area contributed by atoms with Crippen LogP contribution in [0.3, 0.4) is 0 Å². The van der Waals surface area contributed by atoms with Gasteiger partial charge < -0.3 is 10.1 Å². The first-order valence-electron chi connectivity index (χ1n) is 7.86. The van der Waals surface area contributed by atoms with Crippen LogP contribution in [-0.2, 0) is 19.7 Å². The normalized spacial score (nSPS) is 10.1. The third-order valence-corrected chi connectivity index (χ3v) is 3.86. The van der Waals surface area contributed by atoms with Crippen molar-refractivity contribution in [2.24, 2.45) is 0 Å². The van der Waals surface area contributed by atoms with E-state index in [0.29, 0.717) is 18.2 Å². The van der Waals surface area contributed by atoms with Crippen molar-refractivity contribution < 1.29 is 4.74 Å². The number of hydrogen-bond acceptors (Lipinski definition) is 3. The van der Waals surface area contributed by atoms with Crippen LogP contribution in [0.15, 0.2) is 73.1 Å². The predicted octanol–water partition coefficient (Wildman–Crippen LogP) is 5.03. The van der Waals surface area contributed by atoms with Gasteiger partial charge in [-0.1, -0.05) is 48.0 Å². The Balaban J connectivity index is 0.00000225. The molecule has 0 spiro atoms.